The monoisotopic (exact) mass is 199 g/mol. The lowest BCUT2D eigenvalue weighted by Gasteiger charge is -2.04. The van der Waals surface area contributed by atoms with E-state index in [0.717, 1.165) is 22.2 Å². The molecule has 0 amide bonds. The summed E-state index contributed by atoms with van der Waals surface area (Å²) >= 11 is 0. The van der Waals surface area contributed by atoms with Crippen LogP contribution < -0.4 is 0 Å². The van der Waals surface area contributed by atoms with Crippen molar-refractivity contribution in [2.75, 3.05) is 0 Å². The van der Waals surface area contributed by atoms with Gasteiger partial charge in [-0.15, -0.1) is 0 Å². The number of benzene rings is 1. The van der Waals surface area contributed by atoms with E-state index in [1.807, 2.05) is 37.3 Å². The Hall–Kier alpha value is -1.70. The molecule has 0 saturated heterocycles. The lowest BCUT2D eigenvalue weighted by molar-refractivity contribution is -0.116. The normalized spacial score (nSPS) is 10.5. The summed E-state index contributed by atoms with van der Waals surface area (Å²) in [6.07, 6.45) is 0.488. The first-order valence-corrected chi connectivity index (χ1v) is 5.01. The van der Waals surface area contributed by atoms with Gasteiger partial charge in [0.25, 0.3) is 0 Å². The number of nitrogens with zero attached hydrogens (tertiary/aromatic N) is 1. The number of rotatable bonds is 2. The highest BCUT2D eigenvalue weighted by atomic mass is 16.1. The van der Waals surface area contributed by atoms with Crippen molar-refractivity contribution in [3.05, 3.63) is 41.6 Å². The molecule has 2 aromatic rings. The van der Waals surface area contributed by atoms with Crippen LogP contribution in [0.2, 0.25) is 0 Å². The molecule has 0 unspecified atom stereocenters. The van der Waals surface area contributed by atoms with Crippen LogP contribution in [-0.4, -0.2) is 10.8 Å². The second-order valence-corrected chi connectivity index (χ2v) is 3.82. The molecule has 1 aromatic heterocycles. The fourth-order valence-corrected chi connectivity index (χ4v) is 1.74. The van der Waals surface area contributed by atoms with Crippen molar-refractivity contribution in [1.29, 1.82) is 0 Å². The molecule has 0 atom stereocenters. The van der Waals surface area contributed by atoms with E-state index < -0.39 is 0 Å². The highest BCUT2D eigenvalue weighted by Crippen LogP contribution is 2.18. The minimum atomic E-state index is 0.183. The predicted molar refractivity (Wildman–Crippen MR) is 60.9 cm³/mol. The molecule has 2 heteroatoms. The number of hydrogen-bond donors (Lipinski definition) is 0. The van der Waals surface area contributed by atoms with Gasteiger partial charge < -0.3 is 0 Å². The van der Waals surface area contributed by atoms with E-state index in [4.69, 9.17) is 0 Å². The number of pyridine rings is 1. The van der Waals surface area contributed by atoms with E-state index in [-0.39, 0.29) is 5.78 Å². The third-order valence-electron chi connectivity index (χ3n) is 2.40. The van der Waals surface area contributed by atoms with Crippen LogP contribution >= 0.6 is 0 Å². The van der Waals surface area contributed by atoms with Crippen molar-refractivity contribution in [1.82, 2.24) is 4.98 Å². The molecular weight excluding hydrogens is 186 g/mol. The number of Topliss-reactive ketones (excluding diaryl/α,β-unsaturated/α-hetero) is 1. The van der Waals surface area contributed by atoms with Gasteiger partial charge >= 0.3 is 0 Å². The molecule has 76 valence electrons. The Bertz CT molecular complexity index is 517. The van der Waals surface area contributed by atoms with Crippen molar-refractivity contribution >= 4 is 16.7 Å². The third-order valence-corrected chi connectivity index (χ3v) is 2.40. The van der Waals surface area contributed by atoms with Crippen LogP contribution in [0.5, 0.6) is 0 Å². The molecule has 0 saturated carbocycles. The van der Waals surface area contributed by atoms with Gasteiger partial charge in [-0.1, -0.05) is 18.2 Å². The number of ketones is 1. The summed E-state index contributed by atoms with van der Waals surface area (Å²) in [6, 6.07) is 9.93. The van der Waals surface area contributed by atoms with Crippen molar-refractivity contribution in [3.8, 4) is 0 Å². The van der Waals surface area contributed by atoms with Crippen molar-refractivity contribution in [2.45, 2.75) is 20.3 Å². The van der Waals surface area contributed by atoms with E-state index in [9.17, 15) is 4.79 Å². The zero-order valence-electron chi connectivity index (χ0n) is 8.95. The first-order valence-electron chi connectivity index (χ1n) is 5.01. The maximum Gasteiger partial charge on any atom is 0.134 e. The van der Waals surface area contributed by atoms with Gasteiger partial charge in [-0.25, -0.2) is 0 Å². The lowest BCUT2D eigenvalue weighted by atomic mass is 10.0. The van der Waals surface area contributed by atoms with Gasteiger partial charge in [-0.2, -0.15) is 0 Å². The standard InChI is InChI=1S/C13H13NO/c1-9-6-7-12-11(8-10(2)15)4-3-5-13(12)14-9/h3-7H,8H2,1-2H3. The van der Waals surface area contributed by atoms with E-state index >= 15 is 0 Å². The molecule has 0 N–H and O–H groups in total. The van der Waals surface area contributed by atoms with Gasteiger partial charge in [0.15, 0.2) is 0 Å². The van der Waals surface area contributed by atoms with Crippen LogP contribution in [0.3, 0.4) is 0 Å². The first kappa shape index (κ1) is 9.84. The predicted octanol–water partition coefficient (Wildman–Crippen LogP) is 2.67. The fourth-order valence-electron chi connectivity index (χ4n) is 1.74. The average molecular weight is 199 g/mol. The van der Waals surface area contributed by atoms with Gasteiger partial charge in [0, 0.05) is 17.5 Å². The Morgan fingerprint density at radius 2 is 2.07 bits per heavy atom. The molecule has 0 spiro atoms. The Morgan fingerprint density at radius 1 is 1.27 bits per heavy atom. The number of hydrogen-bond acceptors (Lipinski definition) is 2. The van der Waals surface area contributed by atoms with Gasteiger partial charge in [-0.05, 0) is 31.5 Å². The number of fused-ring (bicyclic) bond motifs is 1. The highest BCUT2D eigenvalue weighted by molar-refractivity contribution is 5.88. The third kappa shape index (κ3) is 2.04. The summed E-state index contributed by atoms with van der Waals surface area (Å²) in [5.41, 5.74) is 3.03. The minimum absolute atomic E-state index is 0.183. The Kier molecular flexibility index (Phi) is 2.50. The molecule has 0 aliphatic heterocycles. The van der Waals surface area contributed by atoms with Crippen LogP contribution in [-0.2, 0) is 11.2 Å². The summed E-state index contributed by atoms with van der Waals surface area (Å²) < 4.78 is 0. The van der Waals surface area contributed by atoms with Crippen LogP contribution in [0, 0.1) is 6.92 Å². The lowest BCUT2D eigenvalue weighted by Crippen LogP contribution is -1.97. The van der Waals surface area contributed by atoms with Gasteiger partial charge in [0.1, 0.15) is 5.78 Å². The maximum atomic E-state index is 11.1. The molecule has 0 aliphatic carbocycles. The molecule has 2 nitrogen and oxygen atoms in total. The fraction of sp³-hybridized carbons (Fsp3) is 0.231. The quantitative estimate of drug-likeness (QED) is 0.744. The molecule has 0 radical (unpaired) electrons. The van der Waals surface area contributed by atoms with Gasteiger partial charge in [-0.3, -0.25) is 9.78 Å². The zero-order chi connectivity index (χ0) is 10.8. The number of carbonyl (C=O) groups is 1. The molecule has 1 aromatic carbocycles. The van der Waals surface area contributed by atoms with E-state index in [2.05, 4.69) is 4.98 Å². The van der Waals surface area contributed by atoms with Crippen molar-refractivity contribution in [3.63, 3.8) is 0 Å². The average Bonchev–Trinajstić information content (AvgIpc) is 2.16. The van der Waals surface area contributed by atoms with E-state index in [0.29, 0.717) is 6.42 Å². The Morgan fingerprint density at radius 3 is 2.80 bits per heavy atom. The van der Waals surface area contributed by atoms with Crippen LogP contribution in [0.25, 0.3) is 10.9 Å². The SMILES string of the molecule is CC(=O)Cc1cccc2nc(C)ccc12. The molecule has 15 heavy (non-hydrogen) atoms. The van der Waals surface area contributed by atoms with E-state index in [1.165, 1.54) is 0 Å². The van der Waals surface area contributed by atoms with Crippen molar-refractivity contribution < 1.29 is 4.79 Å². The largest absolute Gasteiger partial charge is 0.300 e. The minimum Gasteiger partial charge on any atom is -0.300 e. The Labute approximate surface area is 89.0 Å². The molecular formula is C13H13NO. The summed E-state index contributed by atoms with van der Waals surface area (Å²) in [4.78, 5) is 15.5. The van der Waals surface area contributed by atoms with E-state index in [1.54, 1.807) is 6.92 Å². The Balaban J connectivity index is 2.60. The summed E-state index contributed by atoms with van der Waals surface area (Å²) in [7, 11) is 0. The van der Waals surface area contributed by atoms with Gasteiger partial charge in [0.05, 0.1) is 5.52 Å². The summed E-state index contributed by atoms with van der Waals surface area (Å²) in [5.74, 6) is 0.183. The second-order valence-electron chi connectivity index (χ2n) is 3.82. The molecule has 0 aliphatic rings. The maximum absolute atomic E-state index is 11.1. The smallest absolute Gasteiger partial charge is 0.134 e. The number of aromatic nitrogens is 1. The molecule has 0 fully saturated rings. The second kappa shape index (κ2) is 3.81. The van der Waals surface area contributed by atoms with Crippen molar-refractivity contribution in [2.24, 2.45) is 0 Å². The first-order chi connectivity index (χ1) is 7.16. The zero-order valence-corrected chi connectivity index (χ0v) is 8.95. The molecule has 2 rings (SSSR count). The van der Waals surface area contributed by atoms with Crippen LogP contribution in [0.4, 0.5) is 0 Å². The number of aryl methyl sites for hydroxylation is 1. The van der Waals surface area contributed by atoms with Crippen LogP contribution in [0.1, 0.15) is 18.2 Å². The molecule has 0 bridgehead atoms. The summed E-state index contributed by atoms with van der Waals surface area (Å²) in [6.45, 7) is 3.58. The molecule has 1 heterocycles. The topological polar surface area (TPSA) is 30.0 Å². The van der Waals surface area contributed by atoms with Gasteiger partial charge in [0.2, 0.25) is 0 Å². The van der Waals surface area contributed by atoms with Crippen LogP contribution in [0.15, 0.2) is 30.3 Å². The number of carbonyl (C=O) groups excluding carboxylic acids is 1. The summed E-state index contributed by atoms with van der Waals surface area (Å²) in [5, 5.41) is 1.08. The highest BCUT2D eigenvalue weighted by Gasteiger charge is 2.03.